The summed E-state index contributed by atoms with van der Waals surface area (Å²) in [5.74, 6) is 1.57. The van der Waals surface area contributed by atoms with Crippen LogP contribution in [0.3, 0.4) is 0 Å². The largest absolute Gasteiger partial charge is 0.388 e. The lowest BCUT2D eigenvalue weighted by Crippen LogP contribution is -2.17. The number of aromatic nitrogens is 2. The average Bonchev–Trinajstić information content (AvgIpc) is 2.82. The van der Waals surface area contributed by atoms with Gasteiger partial charge in [-0.2, -0.15) is 0 Å². The standard InChI is InChI=1S/C12H18N4S/c13-11(17)10-12(16-8-7-14-10)15-6-5-9-3-1-2-4-9/h7-9H,1-6H2,(H2,13,17)(H,15,16). The molecule has 0 atom stereocenters. The van der Waals surface area contributed by atoms with Crippen molar-refractivity contribution in [3.63, 3.8) is 0 Å². The van der Waals surface area contributed by atoms with E-state index in [9.17, 15) is 0 Å². The summed E-state index contributed by atoms with van der Waals surface area (Å²) in [6.07, 6.45) is 9.94. The van der Waals surface area contributed by atoms with Crippen LogP contribution in [0.4, 0.5) is 5.82 Å². The van der Waals surface area contributed by atoms with Gasteiger partial charge in [-0.3, -0.25) is 0 Å². The van der Waals surface area contributed by atoms with Crippen molar-refractivity contribution >= 4 is 23.0 Å². The highest BCUT2D eigenvalue weighted by Gasteiger charge is 2.14. The molecular formula is C12H18N4S. The Morgan fingerprint density at radius 1 is 1.35 bits per heavy atom. The predicted octanol–water partition coefficient (Wildman–Crippen LogP) is 2.10. The van der Waals surface area contributed by atoms with Crippen molar-refractivity contribution < 1.29 is 0 Å². The van der Waals surface area contributed by atoms with E-state index in [0.29, 0.717) is 16.5 Å². The van der Waals surface area contributed by atoms with Crippen molar-refractivity contribution in [2.75, 3.05) is 11.9 Å². The SMILES string of the molecule is NC(=S)c1nccnc1NCCC1CCCC1. The lowest BCUT2D eigenvalue weighted by atomic mass is 10.0. The highest BCUT2D eigenvalue weighted by atomic mass is 32.1. The van der Waals surface area contributed by atoms with Gasteiger partial charge in [0.05, 0.1) is 0 Å². The third-order valence-electron chi connectivity index (χ3n) is 3.25. The van der Waals surface area contributed by atoms with Crippen LogP contribution < -0.4 is 11.1 Å². The van der Waals surface area contributed by atoms with Gasteiger partial charge in [-0.15, -0.1) is 0 Å². The molecule has 0 aromatic carbocycles. The number of rotatable bonds is 5. The minimum Gasteiger partial charge on any atom is -0.388 e. The number of hydrogen-bond acceptors (Lipinski definition) is 4. The van der Waals surface area contributed by atoms with Crippen LogP contribution in [0, 0.1) is 5.92 Å². The Morgan fingerprint density at radius 2 is 2.06 bits per heavy atom. The molecule has 0 spiro atoms. The van der Waals surface area contributed by atoms with Crippen LogP contribution in [0.2, 0.25) is 0 Å². The van der Waals surface area contributed by atoms with E-state index in [1.54, 1.807) is 12.4 Å². The molecule has 3 N–H and O–H groups in total. The molecule has 17 heavy (non-hydrogen) atoms. The number of hydrogen-bond donors (Lipinski definition) is 2. The summed E-state index contributed by atoms with van der Waals surface area (Å²) in [7, 11) is 0. The summed E-state index contributed by atoms with van der Waals surface area (Å²) >= 11 is 4.94. The molecule has 4 nitrogen and oxygen atoms in total. The van der Waals surface area contributed by atoms with Gasteiger partial charge in [-0.25, -0.2) is 9.97 Å². The van der Waals surface area contributed by atoms with Gasteiger partial charge in [-0.05, 0) is 12.3 Å². The Hall–Kier alpha value is -1.23. The van der Waals surface area contributed by atoms with Crippen molar-refractivity contribution in [2.45, 2.75) is 32.1 Å². The minimum absolute atomic E-state index is 0.293. The highest BCUT2D eigenvalue weighted by molar-refractivity contribution is 7.80. The van der Waals surface area contributed by atoms with E-state index in [2.05, 4.69) is 15.3 Å². The molecule has 0 bridgehead atoms. The zero-order valence-corrected chi connectivity index (χ0v) is 10.7. The van der Waals surface area contributed by atoms with Crippen LogP contribution in [0.5, 0.6) is 0 Å². The predicted molar refractivity (Wildman–Crippen MR) is 73.0 cm³/mol. The summed E-state index contributed by atoms with van der Waals surface area (Å²) in [5.41, 5.74) is 6.19. The lowest BCUT2D eigenvalue weighted by Gasteiger charge is -2.11. The summed E-state index contributed by atoms with van der Waals surface area (Å²) in [6, 6.07) is 0. The van der Waals surface area contributed by atoms with E-state index < -0.39 is 0 Å². The fourth-order valence-corrected chi connectivity index (χ4v) is 2.49. The van der Waals surface area contributed by atoms with Gasteiger partial charge < -0.3 is 11.1 Å². The first-order chi connectivity index (χ1) is 8.27. The molecule has 1 aliphatic rings. The van der Waals surface area contributed by atoms with Crippen LogP contribution in [0.25, 0.3) is 0 Å². The fraction of sp³-hybridized carbons (Fsp3) is 0.583. The molecule has 0 unspecified atom stereocenters. The lowest BCUT2D eigenvalue weighted by molar-refractivity contribution is 0.518. The maximum atomic E-state index is 5.60. The van der Waals surface area contributed by atoms with Gasteiger partial charge in [0.1, 0.15) is 10.7 Å². The summed E-state index contributed by atoms with van der Waals surface area (Å²) in [4.78, 5) is 8.65. The van der Waals surface area contributed by atoms with Crippen LogP contribution in [-0.4, -0.2) is 21.5 Å². The number of nitrogens with zero attached hydrogens (tertiary/aromatic N) is 2. The second kappa shape index (κ2) is 5.91. The second-order valence-electron chi connectivity index (χ2n) is 4.48. The van der Waals surface area contributed by atoms with E-state index in [0.717, 1.165) is 12.5 Å². The second-order valence-corrected chi connectivity index (χ2v) is 4.92. The van der Waals surface area contributed by atoms with Crippen molar-refractivity contribution in [3.8, 4) is 0 Å². The monoisotopic (exact) mass is 250 g/mol. The fourth-order valence-electron chi connectivity index (χ4n) is 2.34. The van der Waals surface area contributed by atoms with Gasteiger partial charge in [0, 0.05) is 18.9 Å². The Balaban J connectivity index is 1.87. The molecule has 92 valence electrons. The number of nitrogens with one attached hydrogen (secondary N) is 1. The molecule has 0 radical (unpaired) electrons. The van der Waals surface area contributed by atoms with Gasteiger partial charge in [0.2, 0.25) is 0 Å². The van der Waals surface area contributed by atoms with E-state index in [-0.39, 0.29) is 0 Å². The summed E-state index contributed by atoms with van der Waals surface area (Å²) in [5, 5.41) is 3.28. The number of thiocarbonyl (C=S) groups is 1. The Bertz CT molecular complexity index is 388. The first-order valence-electron chi connectivity index (χ1n) is 6.12. The molecule has 5 heteroatoms. The van der Waals surface area contributed by atoms with Crippen LogP contribution in [0.1, 0.15) is 37.8 Å². The minimum atomic E-state index is 0.293. The number of anilines is 1. The van der Waals surface area contributed by atoms with Gasteiger partial charge in [0.15, 0.2) is 5.82 Å². The van der Waals surface area contributed by atoms with E-state index in [4.69, 9.17) is 18.0 Å². The van der Waals surface area contributed by atoms with Gasteiger partial charge in [-0.1, -0.05) is 37.9 Å². The average molecular weight is 250 g/mol. The molecule has 0 amide bonds. The first kappa shape index (κ1) is 12.2. The van der Waals surface area contributed by atoms with Crippen molar-refractivity contribution in [1.29, 1.82) is 0 Å². The maximum Gasteiger partial charge on any atom is 0.155 e. The number of nitrogens with two attached hydrogens (primary N) is 1. The van der Waals surface area contributed by atoms with Gasteiger partial charge >= 0.3 is 0 Å². The Kier molecular flexibility index (Phi) is 4.25. The molecule has 2 rings (SSSR count). The zero-order valence-electron chi connectivity index (χ0n) is 9.85. The normalized spacial score (nSPS) is 16.0. The van der Waals surface area contributed by atoms with Crippen molar-refractivity contribution in [3.05, 3.63) is 18.1 Å². The van der Waals surface area contributed by atoms with E-state index in [1.165, 1.54) is 32.1 Å². The van der Waals surface area contributed by atoms with Crippen LogP contribution >= 0.6 is 12.2 Å². The van der Waals surface area contributed by atoms with Gasteiger partial charge in [0.25, 0.3) is 0 Å². The Labute approximate surface area is 107 Å². The molecule has 1 saturated carbocycles. The molecule has 1 aliphatic carbocycles. The zero-order chi connectivity index (χ0) is 12.1. The third kappa shape index (κ3) is 3.36. The maximum absolute atomic E-state index is 5.60. The molecular weight excluding hydrogens is 232 g/mol. The highest BCUT2D eigenvalue weighted by Crippen LogP contribution is 2.27. The molecule has 1 aromatic heterocycles. The van der Waals surface area contributed by atoms with E-state index >= 15 is 0 Å². The quantitative estimate of drug-likeness (QED) is 0.784. The topological polar surface area (TPSA) is 63.8 Å². The van der Waals surface area contributed by atoms with Crippen LogP contribution in [-0.2, 0) is 0 Å². The summed E-state index contributed by atoms with van der Waals surface area (Å²) < 4.78 is 0. The molecule has 0 aliphatic heterocycles. The molecule has 1 aromatic rings. The Morgan fingerprint density at radius 3 is 2.76 bits per heavy atom. The smallest absolute Gasteiger partial charge is 0.155 e. The molecule has 1 heterocycles. The van der Waals surface area contributed by atoms with Crippen molar-refractivity contribution in [1.82, 2.24) is 9.97 Å². The molecule has 0 saturated heterocycles. The van der Waals surface area contributed by atoms with Crippen LogP contribution in [0.15, 0.2) is 12.4 Å². The first-order valence-corrected chi connectivity index (χ1v) is 6.53. The van der Waals surface area contributed by atoms with E-state index in [1.807, 2.05) is 0 Å². The summed E-state index contributed by atoms with van der Waals surface area (Å²) in [6.45, 7) is 0.916. The third-order valence-corrected chi connectivity index (χ3v) is 3.44. The van der Waals surface area contributed by atoms with Crippen molar-refractivity contribution in [2.24, 2.45) is 11.7 Å². The molecule has 1 fully saturated rings.